The zero-order valence-electron chi connectivity index (χ0n) is 10.3. The number of thiazole rings is 1. The standard InChI is InChI=1S/C11H12BrN3O2S3/c12-10-9(4-6(5-13)18-10)20(16,17)15-11-14-7-2-1-3-8(7)19-11/h4H,1-3,5,13H2,(H,14,15). The van der Waals surface area contributed by atoms with Gasteiger partial charge < -0.3 is 5.73 Å². The zero-order valence-corrected chi connectivity index (χ0v) is 14.4. The molecule has 1 aliphatic carbocycles. The molecule has 0 spiro atoms. The van der Waals surface area contributed by atoms with Crippen LogP contribution in [0.3, 0.4) is 0 Å². The van der Waals surface area contributed by atoms with E-state index in [4.69, 9.17) is 5.73 Å². The van der Waals surface area contributed by atoms with Crippen LogP contribution in [0.4, 0.5) is 5.13 Å². The molecule has 0 amide bonds. The molecule has 0 fully saturated rings. The summed E-state index contributed by atoms with van der Waals surface area (Å²) < 4.78 is 27.9. The van der Waals surface area contributed by atoms with Crippen molar-refractivity contribution >= 4 is 53.8 Å². The molecule has 3 N–H and O–H groups in total. The Morgan fingerprint density at radius 1 is 1.40 bits per heavy atom. The van der Waals surface area contributed by atoms with Crippen molar-refractivity contribution < 1.29 is 8.42 Å². The molecule has 0 radical (unpaired) electrons. The van der Waals surface area contributed by atoms with E-state index >= 15 is 0 Å². The molecule has 1 aliphatic rings. The fraction of sp³-hybridized carbons (Fsp3) is 0.364. The molecule has 2 aromatic heterocycles. The summed E-state index contributed by atoms with van der Waals surface area (Å²) in [6.07, 6.45) is 3.04. The second-order valence-corrected chi connectivity index (χ2v) is 9.59. The van der Waals surface area contributed by atoms with E-state index in [2.05, 4.69) is 25.6 Å². The molecule has 5 nitrogen and oxygen atoms in total. The third-order valence-corrected chi connectivity index (χ3v) is 7.83. The van der Waals surface area contributed by atoms with E-state index in [-0.39, 0.29) is 4.90 Å². The fourth-order valence-corrected chi connectivity index (χ4v) is 6.93. The summed E-state index contributed by atoms with van der Waals surface area (Å²) in [5, 5.41) is 0.446. The number of fused-ring (bicyclic) bond motifs is 1. The molecule has 0 saturated heterocycles. The van der Waals surface area contributed by atoms with Crippen molar-refractivity contribution in [2.24, 2.45) is 5.73 Å². The Morgan fingerprint density at radius 3 is 2.85 bits per heavy atom. The Bertz CT molecular complexity index is 730. The lowest BCUT2D eigenvalue weighted by Crippen LogP contribution is -2.12. The molecular formula is C11H12BrN3O2S3. The first-order valence-corrected chi connectivity index (χ1v) is 9.90. The van der Waals surface area contributed by atoms with Gasteiger partial charge in [0.15, 0.2) is 5.13 Å². The van der Waals surface area contributed by atoms with Crippen LogP contribution < -0.4 is 10.5 Å². The van der Waals surface area contributed by atoms with Crippen LogP contribution >= 0.6 is 38.6 Å². The van der Waals surface area contributed by atoms with Gasteiger partial charge in [-0.15, -0.1) is 22.7 Å². The summed E-state index contributed by atoms with van der Waals surface area (Å²) in [6, 6.07) is 1.60. The lowest BCUT2D eigenvalue weighted by Gasteiger charge is -2.03. The second-order valence-electron chi connectivity index (χ2n) is 4.40. The molecule has 0 bridgehead atoms. The number of nitrogens with zero attached hydrogens (tertiary/aromatic N) is 1. The van der Waals surface area contributed by atoms with E-state index in [0.29, 0.717) is 15.5 Å². The summed E-state index contributed by atoms with van der Waals surface area (Å²) in [5.41, 5.74) is 6.57. The van der Waals surface area contributed by atoms with Crippen molar-refractivity contribution in [3.63, 3.8) is 0 Å². The number of rotatable bonds is 4. The predicted molar refractivity (Wildman–Crippen MR) is 84.9 cm³/mol. The molecule has 0 saturated carbocycles. The van der Waals surface area contributed by atoms with E-state index in [1.165, 1.54) is 27.6 Å². The van der Waals surface area contributed by atoms with Crippen molar-refractivity contribution in [1.82, 2.24) is 4.98 Å². The lowest BCUT2D eigenvalue weighted by atomic mass is 10.4. The van der Waals surface area contributed by atoms with E-state index < -0.39 is 10.0 Å². The summed E-state index contributed by atoms with van der Waals surface area (Å²) in [6.45, 7) is 0.324. The average Bonchev–Trinajstić information content (AvgIpc) is 3.02. The first-order valence-electron chi connectivity index (χ1n) is 5.99. The maximum Gasteiger partial charge on any atom is 0.265 e. The highest BCUT2D eigenvalue weighted by Gasteiger charge is 2.24. The average molecular weight is 394 g/mol. The van der Waals surface area contributed by atoms with Crippen LogP contribution in [0.15, 0.2) is 14.7 Å². The Balaban J connectivity index is 1.89. The Hall–Kier alpha value is -0.480. The zero-order chi connectivity index (χ0) is 14.3. The van der Waals surface area contributed by atoms with Gasteiger partial charge >= 0.3 is 0 Å². The summed E-state index contributed by atoms with van der Waals surface area (Å²) in [5.74, 6) is 0. The van der Waals surface area contributed by atoms with Crippen molar-refractivity contribution in [3.8, 4) is 0 Å². The minimum Gasteiger partial charge on any atom is -0.326 e. The quantitative estimate of drug-likeness (QED) is 0.835. The summed E-state index contributed by atoms with van der Waals surface area (Å²) >= 11 is 6.03. The molecule has 20 heavy (non-hydrogen) atoms. The van der Waals surface area contributed by atoms with Crippen LogP contribution in [0.2, 0.25) is 0 Å². The Morgan fingerprint density at radius 2 is 2.20 bits per heavy atom. The predicted octanol–water partition coefficient (Wildman–Crippen LogP) is 2.72. The van der Waals surface area contributed by atoms with Gasteiger partial charge in [0.25, 0.3) is 10.0 Å². The maximum atomic E-state index is 12.4. The van der Waals surface area contributed by atoms with E-state index in [1.807, 2.05) is 0 Å². The number of hydrogen-bond donors (Lipinski definition) is 2. The smallest absolute Gasteiger partial charge is 0.265 e. The molecule has 0 aliphatic heterocycles. The monoisotopic (exact) mass is 393 g/mol. The number of nitrogens with two attached hydrogens (primary N) is 1. The minimum absolute atomic E-state index is 0.221. The minimum atomic E-state index is -3.61. The molecule has 108 valence electrons. The summed E-state index contributed by atoms with van der Waals surface area (Å²) in [4.78, 5) is 6.58. The van der Waals surface area contributed by atoms with Crippen LogP contribution in [-0.2, 0) is 29.4 Å². The van der Waals surface area contributed by atoms with Gasteiger partial charge in [-0.05, 0) is 41.3 Å². The molecule has 9 heteroatoms. The van der Waals surface area contributed by atoms with Crippen LogP contribution in [0.25, 0.3) is 0 Å². The number of aryl methyl sites for hydroxylation is 2. The van der Waals surface area contributed by atoms with Gasteiger partial charge in [0.2, 0.25) is 0 Å². The van der Waals surface area contributed by atoms with E-state index in [0.717, 1.165) is 29.8 Å². The first-order chi connectivity index (χ1) is 9.49. The lowest BCUT2D eigenvalue weighted by molar-refractivity contribution is 0.601. The molecule has 3 rings (SSSR count). The largest absolute Gasteiger partial charge is 0.326 e. The van der Waals surface area contributed by atoms with Gasteiger partial charge in [0.1, 0.15) is 4.90 Å². The molecule has 0 atom stereocenters. The molecule has 2 aromatic rings. The van der Waals surface area contributed by atoms with Gasteiger partial charge in [0.05, 0.1) is 9.48 Å². The van der Waals surface area contributed by atoms with E-state index in [1.54, 1.807) is 6.07 Å². The van der Waals surface area contributed by atoms with Crippen LogP contribution in [0.5, 0.6) is 0 Å². The topological polar surface area (TPSA) is 85.1 Å². The van der Waals surface area contributed by atoms with Crippen LogP contribution in [-0.4, -0.2) is 13.4 Å². The number of anilines is 1. The number of hydrogen-bond acceptors (Lipinski definition) is 6. The van der Waals surface area contributed by atoms with Gasteiger partial charge in [-0.3, -0.25) is 4.72 Å². The van der Waals surface area contributed by atoms with Crippen molar-refractivity contribution in [2.45, 2.75) is 30.7 Å². The SMILES string of the molecule is NCc1cc(S(=O)(=O)Nc2nc3c(s2)CCC3)c(Br)s1. The highest BCUT2D eigenvalue weighted by Crippen LogP contribution is 2.35. The number of thiophene rings is 1. The third kappa shape index (κ3) is 2.64. The van der Waals surface area contributed by atoms with Crippen LogP contribution in [0, 0.1) is 0 Å². The van der Waals surface area contributed by atoms with Crippen molar-refractivity contribution in [3.05, 3.63) is 25.3 Å². The van der Waals surface area contributed by atoms with Gasteiger partial charge in [0, 0.05) is 16.3 Å². The first kappa shape index (κ1) is 14.5. The van der Waals surface area contributed by atoms with Gasteiger partial charge in [-0.1, -0.05) is 0 Å². The number of aromatic nitrogens is 1. The van der Waals surface area contributed by atoms with E-state index in [9.17, 15) is 8.42 Å². The Kier molecular flexibility index (Phi) is 3.89. The number of halogens is 1. The molecular weight excluding hydrogens is 382 g/mol. The normalized spacial score (nSPS) is 14.5. The van der Waals surface area contributed by atoms with Gasteiger partial charge in [-0.2, -0.15) is 0 Å². The Labute approximate surface area is 133 Å². The molecule has 0 unspecified atom stereocenters. The third-order valence-electron chi connectivity index (χ3n) is 3.01. The molecule has 2 heterocycles. The highest BCUT2D eigenvalue weighted by atomic mass is 79.9. The molecule has 0 aromatic carbocycles. The fourth-order valence-electron chi connectivity index (χ4n) is 2.09. The second kappa shape index (κ2) is 5.38. The van der Waals surface area contributed by atoms with Gasteiger partial charge in [-0.25, -0.2) is 13.4 Å². The maximum absolute atomic E-state index is 12.4. The van der Waals surface area contributed by atoms with Crippen molar-refractivity contribution in [1.29, 1.82) is 0 Å². The number of sulfonamides is 1. The van der Waals surface area contributed by atoms with Crippen molar-refractivity contribution in [2.75, 3.05) is 4.72 Å². The highest BCUT2D eigenvalue weighted by molar-refractivity contribution is 9.11. The number of nitrogens with one attached hydrogen (secondary N) is 1. The van der Waals surface area contributed by atoms with Crippen LogP contribution in [0.1, 0.15) is 21.9 Å². The summed E-state index contributed by atoms with van der Waals surface area (Å²) in [7, 11) is -3.61.